The molecule has 222 valence electrons. The number of carbonyl (C=O) groups is 1. The predicted octanol–water partition coefficient (Wildman–Crippen LogP) is 5.45. The highest BCUT2D eigenvalue weighted by Gasteiger charge is 2.37. The topological polar surface area (TPSA) is 89.5 Å². The zero-order chi connectivity index (χ0) is 29.6. The van der Waals surface area contributed by atoms with Gasteiger partial charge in [-0.3, -0.25) is 4.31 Å². The first-order chi connectivity index (χ1) is 19.6. The van der Waals surface area contributed by atoms with Gasteiger partial charge in [0.05, 0.1) is 30.6 Å². The summed E-state index contributed by atoms with van der Waals surface area (Å²) in [6.45, 7) is 7.65. The third kappa shape index (κ3) is 8.02. The zero-order valence-corrected chi connectivity index (χ0v) is 24.4. The van der Waals surface area contributed by atoms with Gasteiger partial charge in [-0.05, 0) is 47.5 Å². The van der Waals surface area contributed by atoms with Crippen molar-refractivity contribution in [3.63, 3.8) is 0 Å². The molecule has 0 radical (unpaired) electrons. The number of benzene rings is 2. The first kappa shape index (κ1) is 30.9. The van der Waals surface area contributed by atoms with Crippen molar-refractivity contribution in [3.05, 3.63) is 71.6 Å². The molecule has 2 heterocycles. The van der Waals surface area contributed by atoms with E-state index in [4.69, 9.17) is 15.5 Å². The van der Waals surface area contributed by atoms with E-state index in [1.807, 2.05) is 51.1 Å². The van der Waals surface area contributed by atoms with E-state index in [9.17, 15) is 18.0 Å². The van der Waals surface area contributed by atoms with E-state index in [0.29, 0.717) is 38.7 Å². The van der Waals surface area contributed by atoms with Gasteiger partial charge in [0.25, 0.3) is 0 Å². The largest absolute Gasteiger partial charge is 0.378 e. The lowest BCUT2D eigenvalue weighted by molar-refractivity contribution is 0.0490. The Morgan fingerprint density at radius 2 is 1.85 bits per heavy atom. The zero-order valence-electron chi connectivity index (χ0n) is 23.6. The average Bonchev–Trinajstić information content (AvgIpc) is 3.36. The van der Waals surface area contributed by atoms with Crippen molar-refractivity contribution in [1.29, 1.82) is 0 Å². The maximum absolute atomic E-state index is 14.8. The monoisotopic (exact) mass is 590 g/mol. The van der Waals surface area contributed by atoms with Crippen molar-refractivity contribution in [3.8, 4) is 11.4 Å². The second-order valence-electron chi connectivity index (χ2n) is 11.1. The van der Waals surface area contributed by atoms with Gasteiger partial charge in [0.15, 0.2) is 5.82 Å². The third-order valence-electron chi connectivity index (χ3n) is 6.69. The summed E-state index contributed by atoms with van der Waals surface area (Å²) < 4.78 is 50.9. The normalized spacial score (nSPS) is 15.5. The fraction of sp³-hybridized carbons (Fsp3) is 0.483. The van der Waals surface area contributed by atoms with Gasteiger partial charge >= 0.3 is 6.03 Å². The smallest absolute Gasteiger partial charge is 0.330 e. The number of rotatable bonds is 10. The SMILES string of the molecule is CC(C)(C)[C@@H](SN(CC[C@@H](N)CF)C(=O)N1CCOCC1)c1nc(-c2cc(F)ccc2F)nn1Cc1ccccc1. The van der Waals surface area contributed by atoms with E-state index in [1.165, 1.54) is 11.9 Å². The molecule has 2 atom stereocenters. The number of ether oxygens (including phenoxy) is 1. The molecule has 1 saturated heterocycles. The number of hydrogen-bond donors (Lipinski definition) is 1. The van der Waals surface area contributed by atoms with Gasteiger partial charge in [0, 0.05) is 25.7 Å². The Bertz CT molecular complexity index is 1300. The number of nitrogens with two attached hydrogens (primary N) is 1. The minimum absolute atomic E-state index is 0.0493. The summed E-state index contributed by atoms with van der Waals surface area (Å²) in [7, 11) is 0. The Morgan fingerprint density at radius 3 is 2.51 bits per heavy atom. The van der Waals surface area contributed by atoms with E-state index in [2.05, 4.69) is 5.10 Å². The molecule has 1 aromatic heterocycles. The molecule has 1 fully saturated rings. The fourth-order valence-electron chi connectivity index (χ4n) is 4.39. The summed E-state index contributed by atoms with van der Waals surface area (Å²) in [6.07, 6.45) is 0.271. The number of amides is 2. The molecule has 3 aromatic rings. The van der Waals surface area contributed by atoms with Crippen LogP contribution < -0.4 is 5.73 Å². The standard InChI is InChI=1S/C29H37F3N6O2S/c1-29(2,3)25(41-38(12-11-22(33)18-30)28(39)36-13-15-40-16-14-36)27-34-26(23-17-21(31)9-10-24(23)32)35-37(27)19-20-7-5-4-6-8-20/h4-10,17,22,25H,11-16,18-19,33H2,1-3H3/t22-,25+/m1/s1. The molecule has 2 aromatic carbocycles. The third-order valence-corrected chi connectivity index (χ3v) is 8.42. The van der Waals surface area contributed by atoms with Gasteiger partial charge in [-0.25, -0.2) is 27.6 Å². The van der Waals surface area contributed by atoms with E-state index in [-0.39, 0.29) is 30.4 Å². The maximum Gasteiger partial charge on any atom is 0.330 e. The Labute approximate surface area is 243 Å². The van der Waals surface area contributed by atoms with Crippen molar-refractivity contribution in [2.45, 2.75) is 45.0 Å². The Hall–Kier alpha value is -3.09. The molecule has 0 unspecified atom stereocenters. The minimum atomic E-state index is -0.701. The molecular formula is C29H37F3N6O2S. The van der Waals surface area contributed by atoms with Crippen LogP contribution >= 0.6 is 11.9 Å². The Kier molecular flexibility index (Phi) is 10.3. The molecule has 1 aliphatic heterocycles. The Morgan fingerprint density at radius 1 is 1.15 bits per heavy atom. The summed E-state index contributed by atoms with van der Waals surface area (Å²) in [5, 5.41) is 4.18. The van der Waals surface area contributed by atoms with Crippen LogP contribution in [0, 0.1) is 17.0 Å². The highest BCUT2D eigenvalue weighted by molar-refractivity contribution is 7.97. The van der Waals surface area contributed by atoms with E-state index in [0.717, 1.165) is 23.8 Å². The number of hydrogen-bond acceptors (Lipinski definition) is 6. The first-order valence-corrected chi connectivity index (χ1v) is 14.5. The minimum Gasteiger partial charge on any atom is -0.378 e. The molecule has 1 aliphatic rings. The van der Waals surface area contributed by atoms with Gasteiger partial charge in [0.2, 0.25) is 0 Å². The van der Waals surface area contributed by atoms with Gasteiger partial charge < -0.3 is 15.4 Å². The lowest BCUT2D eigenvalue weighted by Crippen LogP contribution is -2.47. The second-order valence-corrected chi connectivity index (χ2v) is 12.2. The van der Waals surface area contributed by atoms with Crippen molar-refractivity contribution < 1.29 is 22.7 Å². The van der Waals surface area contributed by atoms with Gasteiger partial charge in [-0.1, -0.05) is 51.1 Å². The molecule has 41 heavy (non-hydrogen) atoms. The average molecular weight is 591 g/mol. The summed E-state index contributed by atoms with van der Waals surface area (Å²) in [5.41, 5.74) is 6.31. The maximum atomic E-state index is 14.8. The van der Waals surface area contributed by atoms with E-state index in [1.54, 1.807) is 13.9 Å². The number of halogens is 3. The van der Waals surface area contributed by atoms with Crippen LogP contribution in [0.3, 0.4) is 0 Å². The number of carbonyl (C=O) groups excluding carboxylic acids is 1. The highest BCUT2D eigenvalue weighted by atomic mass is 32.2. The lowest BCUT2D eigenvalue weighted by Gasteiger charge is -2.37. The number of urea groups is 1. The molecule has 0 bridgehead atoms. The van der Waals surface area contributed by atoms with Crippen LogP contribution in [0.25, 0.3) is 11.4 Å². The fourth-order valence-corrected chi connectivity index (χ4v) is 5.65. The molecule has 8 nitrogen and oxygen atoms in total. The Balaban J connectivity index is 1.76. The summed E-state index contributed by atoms with van der Waals surface area (Å²) >= 11 is 1.28. The van der Waals surface area contributed by atoms with Crippen LogP contribution in [-0.4, -0.2) is 75.6 Å². The number of morpholine rings is 1. The van der Waals surface area contributed by atoms with Crippen molar-refractivity contribution >= 4 is 18.0 Å². The summed E-state index contributed by atoms with van der Waals surface area (Å²) in [6, 6.07) is 11.9. The molecular weight excluding hydrogens is 553 g/mol. The van der Waals surface area contributed by atoms with Gasteiger partial charge in [-0.15, -0.1) is 0 Å². The number of nitrogens with zero attached hydrogens (tertiary/aromatic N) is 5. The van der Waals surface area contributed by atoms with Gasteiger partial charge in [0.1, 0.15) is 24.1 Å². The molecule has 0 aliphatic carbocycles. The van der Waals surface area contributed by atoms with E-state index >= 15 is 0 Å². The molecule has 4 rings (SSSR count). The van der Waals surface area contributed by atoms with Crippen LogP contribution in [0.4, 0.5) is 18.0 Å². The molecule has 0 saturated carbocycles. The van der Waals surface area contributed by atoms with E-state index < -0.39 is 35.0 Å². The van der Waals surface area contributed by atoms with Crippen molar-refractivity contribution in [2.24, 2.45) is 11.1 Å². The first-order valence-electron chi connectivity index (χ1n) is 13.6. The number of aromatic nitrogens is 3. The predicted molar refractivity (Wildman–Crippen MR) is 154 cm³/mol. The highest BCUT2D eigenvalue weighted by Crippen LogP contribution is 2.45. The lowest BCUT2D eigenvalue weighted by atomic mass is 9.91. The number of alkyl halides is 1. The second kappa shape index (κ2) is 13.7. The van der Waals surface area contributed by atoms with Crippen molar-refractivity contribution in [2.75, 3.05) is 39.5 Å². The molecule has 0 spiro atoms. The molecule has 12 heteroatoms. The van der Waals surface area contributed by atoms with Crippen LogP contribution in [0.15, 0.2) is 48.5 Å². The molecule has 2 amide bonds. The van der Waals surface area contributed by atoms with Gasteiger partial charge in [-0.2, -0.15) is 5.10 Å². The molecule has 2 N–H and O–H groups in total. The quantitative estimate of drug-likeness (QED) is 0.316. The van der Waals surface area contributed by atoms with Crippen molar-refractivity contribution in [1.82, 2.24) is 24.0 Å². The van der Waals surface area contributed by atoms with Crippen LogP contribution in [0.1, 0.15) is 43.8 Å². The summed E-state index contributed by atoms with van der Waals surface area (Å²) in [5.74, 6) is -0.692. The van der Waals surface area contributed by atoms with Crippen LogP contribution in [0.2, 0.25) is 0 Å². The van der Waals surface area contributed by atoms with Crippen LogP contribution in [0.5, 0.6) is 0 Å². The van der Waals surface area contributed by atoms with Crippen LogP contribution in [-0.2, 0) is 11.3 Å². The summed E-state index contributed by atoms with van der Waals surface area (Å²) in [4.78, 5) is 20.1.